The molecule has 0 aromatic rings. The van der Waals surface area contributed by atoms with Gasteiger partial charge in [-0.3, -0.25) is 4.79 Å². The zero-order chi connectivity index (χ0) is 13.6. The summed E-state index contributed by atoms with van der Waals surface area (Å²) in [4.78, 5) is 12.1. The second-order valence-corrected chi connectivity index (χ2v) is 7.72. The van der Waals surface area contributed by atoms with Gasteiger partial charge < -0.3 is 11.1 Å². The van der Waals surface area contributed by atoms with Crippen molar-refractivity contribution in [3.63, 3.8) is 0 Å². The van der Waals surface area contributed by atoms with E-state index in [4.69, 9.17) is 5.73 Å². The summed E-state index contributed by atoms with van der Waals surface area (Å²) in [7, 11) is 0. The van der Waals surface area contributed by atoms with Crippen molar-refractivity contribution in [2.45, 2.75) is 40.0 Å². The van der Waals surface area contributed by atoms with Crippen molar-refractivity contribution in [2.75, 3.05) is 24.6 Å². The van der Waals surface area contributed by atoms with Crippen LogP contribution in [0.5, 0.6) is 0 Å². The summed E-state index contributed by atoms with van der Waals surface area (Å²) in [6, 6.07) is 0. The normalized spacial score (nSPS) is 19.6. The lowest BCUT2D eigenvalue weighted by Gasteiger charge is -2.26. The summed E-state index contributed by atoms with van der Waals surface area (Å²) in [5.74, 6) is 3.25. The fourth-order valence-corrected chi connectivity index (χ4v) is 3.57. The van der Waals surface area contributed by atoms with Crippen LogP contribution in [0.1, 0.15) is 40.0 Å². The minimum absolute atomic E-state index is 0.0389. The molecule has 0 aromatic carbocycles. The monoisotopic (exact) mass is 272 g/mol. The molecule has 0 bridgehead atoms. The first-order chi connectivity index (χ1) is 8.42. The molecule has 1 rings (SSSR count). The lowest BCUT2D eigenvalue weighted by atomic mass is 9.84. The highest BCUT2D eigenvalue weighted by Crippen LogP contribution is 2.25. The van der Waals surface area contributed by atoms with E-state index in [1.807, 2.05) is 11.8 Å². The van der Waals surface area contributed by atoms with Gasteiger partial charge in [-0.25, -0.2) is 0 Å². The van der Waals surface area contributed by atoms with E-state index in [9.17, 15) is 4.79 Å². The number of nitrogens with one attached hydrogen (secondary N) is 1. The van der Waals surface area contributed by atoms with Crippen LogP contribution in [0, 0.1) is 17.3 Å². The van der Waals surface area contributed by atoms with Crippen LogP contribution in [-0.2, 0) is 4.79 Å². The summed E-state index contributed by atoms with van der Waals surface area (Å²) in [5, 5.41) is 3.10. The molecule has 0 saturated carbocycles. The van der Waals surface area contributed by atoms with Crippen LogP contribution in [0.3, 0.4) is 0 Å². The van der Waals surface area contributed by atoms with Crippen molar-refractivity contribution in [2.24, 2.45) is 23.0 Å². The fourth-order valence-electron chi connectivity index (χ4n) is 2.36. The Balaban J connectivity index is 2.32. The Bertz CT molecular complexity index is 257. The van der Waals surface area contributed by atoms with E-state index in [1.165, 1.54) is 24.3 Å². The number of thioether (sulfide) groups is 1. The van der Waals surface area contributed by atoms with Gasteiger partial charge in [0, 0.05) is 13.1 Å². The number of hydrogen-bond donors (Lipinski definition) is 2. The minimum Gasteiger partial charge on any atom is -0.356 e. The minimum atomic E-state index is -0.0389. The van der Waals surface area contributed by atoms with Crippen LogP contribution < -0.4 is 11.1 Å². The molecule has 106 valence electrons. The Hall–Kier alpha value is -0.220. The first-order valence-corrected chi connectivity index (χ1v) is 8.13. The Morgan fingerprint density at radius 1 is 1.39 bits per heavy atom. The van der Waals surface area contributed by atoms with Gasteiger partial charge in [0.25, 0.3) is 0 Å². The number of hydrogen-bond acceptors (Lipinski definition) is 3. The summed E-state index contributed by atoms with van der Waals surface area (Å²) in [6.45, 7) is 7.74. The second-order valence-electron chi connectivity index (χ2n) is 6.50. The van der Waals surface area contributed by atoms with Crippen LogP contribution in [0.25, 0.3) is 0 Å². The molecule has 1 amide bonds. The molecule has 1 saturated heterocycles. The van der Waals surface area contributed by atoms with Gasteiger partial charge >= 0.3 is 0 Å². The van der Waals surface area contributed by atoms with E-state index < -0.39 is 0 Å². The first kappa shape index (κ1) is 15.8. The van der Waals surface area contributed by atoms with Crippen molar-refractivity contribution >= 4 is 17.7 Å². The molecule has 18 heavy (non-hydrogen) atoms. The predicted molar refractivity (Wildman–Crippen MR) is 79.7 cm³/mol. The molecular formula is C14H28N2OS. The fraction of sp³-hybridized carbons (Fsp3) is 0.929. The van der Waals surface area contributed by atoms with Gasteiger partial charge in [0.1, 0.15) is 0 Å². The highest BCUT2D eigenvalue weighted by atomic mass is 32.2. The standard InChI is InChI=1S/C14H28N2OS/c1-14(2,3)8-12(9-15)13(17)16-10-11-4-6-18-7-5-11/h11-12H,4-10,15H2,1-3H3,(H,16,17). The quantitative estimate of drug-likeness (QED) is 0.807. The third kappa shape index (κ3) is 6.10. The summed E-state index contributed by atoms with van der Waals surface area (Å²) >= 11 is 2.02. The molecule has 3 N–H and O–H groups in total. The Morgan fingerprint density at radius 2 is 2.00 bits per heavy atom. The number of nitrogens with two attached hydrogens (primary N) is 1. The van der Waals surface area contributed by atoms with E-state index in [0.29, 0.717) is 12.5 Å². The maximum Gasteiger partial charge on any atom is 0.224 e. The van der Waals surface area contributed by atoms with Crippen molar-refractivity contribution in [3.05, 3.63) is 0 Å². The molecule has 3 nitrogen and oxygen atoms in total. The zero-order valence-corrected chi connectivity index (χ0v) is 12.8. The highest BCUT2D eigenvalue weighted by molar-refractivity contribution is 7.99. The lowest BCUT2D eigenvalue weighted by molar-refractivity contribution is -0.125. The van der Waals surface area contributed by atoms with Gasteiger partial charge in [-0.05, 0) is 42.1 Å². The van der Waals surface area contributed by atoms with E-state index in [0.717, 1.165) is 13.0 Å². The Morgan fingerprint density at radius 3 is 2.50 bits per heavy atom. The maximum absolute atomic E-state index is 12.1. The van der Waals surface area contributed by atoms with E-state index in [-0.39, 0.29) is 17.2 Å². The molecule has 0 aromatic heterocycles. The third-order valence-corrected chi connectivity index (χ3v) is 4.47. The van der Waals surface area contributed by atoms with Gasteiger partial charge in [-0.2, -0.15) is 11.8 Å². The molecule has 1 aliphatic rings. The number of carbonyl (C=O) groups excluding carboxylic acids is 1. The predicted octanol–water partition coefficient (Wildman–Crippen LogP) is 2.26. The van der Waals surface area contributed by atoms with Gasteiger partial charge in [0.2, 0.25) is 5.91 Å². The number of amides is 1. The Kier molecular flexibility index (Phi) is 6.50. The molecule has 0 aliphatic carbocycles. The molecule has 0 spiro atoms. The van der Waals surface area contributed by atoms with Crippen molar-refractivity contribution in [3.8, 4) is 0 Å². The average Bonchev–Trinajstić information content (AvgIpc) is 2.33. The third-order valence-electron chi connectivity index (χ3n) is 3.42. The summed E-state index contributed by atoms with van der Waals surface area (Å²) < 4.78 is 0. The van der Waals surface area contributed by atoms with Gasteiger partial charge in [0.15, 0.2) is 0 Å². The molecule has 1 atom stereocenters. The molecular weight excluding hydrogens is 244 g/mol. The van der Waals surface area contributed by atoms with Crippen molar-refractivity contribution in [1.82, 2.24) is 5.32 Å². The van der Waals surface area contributed by atoms with E-state index in [1.54, 1.807) is 0 Å². The summed E-state index contributed by atoms with van der Waals surface area (Å²) in [5.41, 5.74) is 5.88. The summed E-state index contributed by atoms with van der Waals surface area (Å²) in [6.07, 6.45) is 3.32. The molecule has 1 unspecified atom stereocenters. The Labute approximate surface area is 116 Å². The van der Waals surface area contributed by atoms with E-state index in [2.05, 4.69) is 26.1 Å². The van der Waals surface area contributed by atoms with Crippen LogP contribution in [0.15, 0.2) is 0 Å². The molecule has 1 heterocycles. The SMILES string of the molecule is CC(C)(C)CC(CN)C(=O)NCC1CCSCC1. The largest absolute Gasteiger partial charge is 0.356 e. The number of rotatable bonds is 5. The van der Waals surface area contributed by atoms with Gasteiger partial charge in [0.05, 0.1) is 5.92 Å². The van der Waals surface area contributed by atoms with Crippen molar-refractivity contribution < 1.29 is 4.79 Å². The zero-order valence-electron chi connectivity index (χ0n) is 12.0. The van der Waals surface area contributed by atoms with Crippen LogP contribution >= 0.6 is 11.8 Å². The van der Waals surface area contributed by atoms with Gasteiger partial charge in [-0.15, -0.1) is 0 Å². The van der Waals surface area contributed by atoms with Crippen molar-refractivity contribution in [1.29, 1.82) is 0 Å². The highest BCUT2D eigenvalue weighted by Gasteiger charge is 2.24. The number of carbonyl (C=O) groups is 1. The van der Waals surface area contributed by atoms with Crippen LogP contribution in [0.4, 0.5) is 0 Å². The van der Waals surface area contributed by atoms with Gasteiger partial charge in [-0.1, -0.05) is 20.8 Å². The van der Waals surface area contributed by atoms with Crippen LogP contribution in [0.2, 0.25) is 0 Å². The van der Waals surface area contributed by atoms with Crippen LogP contribution in [-0.4, -0.2) is 30.5 Å². The van der Waals surface area contributed by atoms with E-state index >= 15 is 0 Å². The molecule has 4 heteroatoms. The molecule has 1 fully saturated rings. The maximum atomic E-state index is 12.1. The lowest BCUT2D eigenvalue weighted by Crippen LogP contribution is -2.39. The topological polar surface area (TPSA) is 55.1 Å². The molecule has 0 radical (unpaired) electrons. The average molecular weight is 272 g/mol. The second kappa shape index (κ2) is 7.39. The first-order valence-electron chi connectivity index (χ1n) is 6.98. The smallest absolute Gasteiger partial charge is 0.224 e. The molecule has 1 aliphatic heterocycles.